The van der Waals surface area contributed by atoms with Crippen molar-refractivity contribution in [3.8, 4) is 0 Å². The van der Waals surface area contributed by atoms with E-state index in [1.165, 1.54) is 24.0 Å². The minimum absolute atomic E-state index is 0.352. The van der Waals surface area contributed by atoms with Crippen molar-refractivity contribution < 1.29 is 4.79 Å². The number of carbonyl (C=O) groups is 1. The first kappa shape index (κ1) is 12.3. The molecule has 1 saturated carbocycles. The Bertz CT molecular complexity index is 658. The van der Waals surface area contributed by atoms with Crippen LogP contribution in [0.4, 0.5) is 0 Å². The van der Waals surface area contributed by atoms with Crippen molar-refractivity contribution in [3.63, 3.8) is 0 Å². The maximum Gasteiger partial charge on any atom is 0.184 e. The number of benzene rings is 2. The summed E-state index contributed by atoms with van der Waals surface area (Å²) in [6.07, 6.45) is 4.59. The first-order valence-electron chi connectivity index (χ1n) is 7.21. The van der Waals surface area contributed by atoms with Crippen molar-refractivity contribution in [3.05, 3.63) is 71.3 Å². The Morgan fingerprint density at radius 1 is 0.950 bits per heavy atom. The Morgan fingerprint density at radius 2 is 1.65 bits per heavy atom. The van der Waals surface area contributed by atoms with Gasteiger partial charge in [-0.1, -0.05) is 54.6 Å². The maximum atomic E-state index is 12.8. The number of fused-ring (bicyclic) bond motifs is 2. The highest BCUT2D eigenvalue weighted by molar-refractivity contribution is 7.75. The predicted molar refractivity (Wildman–Crippen MR) is 83.6 cm³/mol. The smallest absolute Gasteiger partial charge is 0.184 e. The molecule has 0 radical (unpaired) electrons. The summed E-state index contributed by atoms with van der Waals surface area (Å²) in [7, 11) is -0.560. The van der Waals surface area contributed by atoms with Gasteiger partial charge in [-0.2, -0.15) is 0 Å². The van der Waals surface area contributed by atoms with E-state index in [1.807, 2.05) is 18.2 Å². The van der Waals surface area contributed by atoms with Crippen LogP contribution in [-0.2, 0) is 11.6 Å². The topological polar surface area (TPSA) is 17.1 Å². The summed E-state index contributed by atoms with van der Waals surface area (Å²) in [5, 5.41) is 0. The molecule has 2 heteroatoms. The van der Waals surface area contributed by atoms with Gasteiger partial charge in [0, 0.05) is 11.0 Å². The second kappa shape index (κ2) is 4.53. The lowest BCUT2D eigenvalue weighted by molar-refractivity contribution is 0.107. The molecule has 1 spiro atoms. The zero-order valence-corrected chi connectivity index (χ0v) is 12.3. The quantitative estimate of drug-likeness (QED) is 0.737. The molecule has 4 rings (SSSR count). The van der Waals surface area contributed by atoms with Crippen molar-refractivity contribution in [1.29, 1.82) is 0 Å². The number of hydrogen-bond acceptors (Lipinski definition) is 1. The van der Waals surface area contributed by atoms with Crippen LogP contribution in [0.15, 0.2) is 54.6 Å². The minimum Gasteiger partial charge on any atom is -0.289 e. The van der Waals surface area contributed by atoms with Crippen LogP contribution in [0.1, 0.15) is 34.3 Å². The zero-order chi connectivity index (χ0) is 13.6. The summed E-state index contributed by atoms with van der Waals surface area (Å²) in [5.74, 6) is 0. The summed E-state index contributed by atoms with van der Waals surface area (Å²) in [6, 6.07) is 18.8. The fourth-order valence-corrected chi connectivity index (χ4v) is 6.14. The monoisotopic (exact) mass is 280 g/mol. The Balaban J connectivity index is 1.69. The molecule has 1 nitrogen and oxygen atoms in total. The zero-order valence-electron chi connectivity index (χ0n) is 11.4. The van der Waals surface area contributed by atoms with Crippen molar-refractivity contribution >= 4 is 13.4 Å². The molecule has 2 aliphatic rings. The number of carbonyl (C=O) groups excluding carboxylic acids is 1. The van der Waals surface area contributed by atoms with E-state index in [0.717, 1.165) is 17.9 Å². The molecule has 0 N–H and O–H groups in total. The molecular formula is C18H17OP. The van der Waals surface area contributed by atoms with Crippen molar-refractivity contribution in [1.82, 2.24) is 0 Å². The summed E-state index contributed by atoms with van der Waals surface area (Å²) < 4.78 is 0. The second-order valence-electron chi connectivity index (χ2n) is 5.97. The molecule has 2 aromatic rings. The first-order chi connectivity index (χ1) is 9.78. The van der Waals surface area contributed by atoms with Gasteiger partial charge < -0.3 is 0 Å². The number of rotatable bonds is 2. The summed E-state index contributed by atoms with van der Waals surface area (Å²) in [6.45, 7) is 0. The van der Waals surface area contributed by atoms with Gasteiger partial charge in [-0.05, 0) is 44.2 Å². The highest BCUT2D eigenvalue weighted by Crippen LogP contribution is 2.62. The average molecular weight is 280 g/mol. The first-order valence-corrected chi connectivity index (χ1v) is 8.92. The molecule has 0 bridgehead atoms. The molecule has 0 aromatic heterocycles. The molecule has 1 atom stereocenters. The lowest BCUT2D eigenvalue weighted by atomic mass is 9.93. The van der Waals surface area contributed by atoms with E-state index < -0.39 is 7.92 Å². The van der Waals surface area contributed by atoms with Crippen molar-refractivity contribution in [2.45, 2.75) is 24.4 Å². The van der Waals surface area contributed by atoms with Crippen LogP contribution in [0.25, 0.3) is 0 Å². The van der Waals surface area contributed by atoms with Crippen LogP contribution in [0, 0.1) is 0 Å². The fraction of sp³-hybridized carbons (Fsp3) is 0.278. The molecule has 1 fully saturated rings. The Labute approximate surface area is 120 Å². The van der Waals surface area contributed by atoms with E-state index >= 15 is 0 Å². The third kappa shape index (κ3) is 1.93. The molecule has 2 aromatic carbocycles. The van der Waals surface area contributed by atoms with Crippen molar-refractivity contribution in [2.24, 2.45) is 0 Å². The fourth-order valence-electron chi connectivity index (χ4n) is 3.33. The van der Waals surface area contributed by atoms with Gasteiger partial charge in [-0.15, -0.1) is 0 Å². The van der Waals surface area contributed by atoms with Crippen LogP contribution in [0.2, 0.25) is 0 Å². The Kier molecular flexibility index (Phi) is 2.79. The molecule has 0 amide bonds. The van der Waals surface area contributed by atoms with E-state index in [1.54, 1.807) is 0 Å². The third-order valence-electron chi connectivity index (χ3n) is 4.58. The maximum absolute atomic E-state index is 12.8. The van der Waals surface area contributed by atoms with Gasteiger partial charge in [0.15, 0.2) is 5.52 Å². The van der Waals surface area contributed by atoms with E-state index in [0.29, 0.717) is 10.9 Å². The summed E-state index contributed by atoms with van der Waals surface area (Å²) >= 11 is 0. The standard InChI is InChI=1S/C18H17OP/c19-17-15-8-4-5-9-16(15)18(10-11-18)13-20(17)12-14-6-2-1-3-7-14/h1-9H,10-13H2. The largest absolute Gasteiger partial charge is 0.289 e. The lowest BCUT2D eigenvalue weighted by Gasteiger charge is -2.31. The van der Waals surface area contributed by atoms with Crippen LogP contribution in [0.5, 0.6) is 0 Å². The van der Waals surface area contributed by atoms with E-state index in [4.69, 9.17) is 0 Å². The van der Waals surface area contributed by atoms with Gasteiger partial charge in [0.1, 0.15) is 0 Å². The molecule has 0 saturated heterocycles. The van der Waals surface area contributed by atoms with Crippen LogP contribution in [0.3, 0.4) is 0 Å². The van der Waals surface area contributed by atoms with Crippen LogP contribution in [-0.4, -0.2) is 11.7 Å². The summed E-state index contributed by atoms with van der Waals surface area (Å²) in [5.41, 5.74) is 4.42. The SMILES string of the molecule is O=C1c2ccccc2C2(CC2)CP1Cc1ccccc1. The highest BCUT2D eigenvalue weighted by atomic mass is 31.1. The minimum atomic E-state index is -0.560. The Morgan fingerprint density at radius 3 is 2.40 bits per heavy atom. The van der Waals surface area contributed by atoms with Gasteiger partial charge in [0.2, 0.25) is 0 Å². The normalized spacial score (nSPS) is 22.6. The average Bonchev–Trinajstić information content (AvgIpc) is 3.26. The Hall–Kier alpha value is -1.46. The lowest BCUT2D eigenvalue weighted by Crippen LogP contribution is -2.24. The van der Waals surface area contributed by atoms with E-state index in [9.17, 15) is 4.79 Å². The van der Waals surface area contributed by atoms with Gasteiger partial charge >= 0.3 is 0 Å². The van der Waals surface area contributed by atoms with Crippen LogP contribution < -0.4 is 0 Å². The summed E-state index contributed by atoms with van der Waals surface area (Å²) in [4.78, 5) is 12.8. The van der Waals surface area contributed by atoms with Crippen LogP contribution >= 0.6 is 7.92 Å². The molecule has 1 unspecified atom stereocenters. The molecule has 20 heavy (non-hydrogen) atoms. The van der Waals surface area contributed by atoms with Gasteiger partial charge in [0.05, 0.1) is 0 Å². The van der Waals surface area contributed by atoms with Gasteiger partial charge in [0.25, 0.3) is 0 Å². The predicted octanol–water partition coefficient (Wildman–Crippen LogP) is 4.55. The molecular weight excluding hydrogens is 263 g/mol. The van der Waals surface area contributed by atoms with Crippen molar-refractivity contribution in [2.75, 3.05) is 6.16 Å². The second-order valence-corrected chi connectivity index (χ2v) is 8.09. The van der Waals surface area contributed by atoms with Gasteiger partial charge in [-0.25, -0.2) is 0 Å². The number of hydrogen-bond donors (Lipinski definition) is 0. The molecule has 1 heterocycles. The molecule has 1 aliphatic heterocycles. The molecule has 1 aliphatic carbocycles. The van der Waals surface area contributed by atoms with E-state index in [-0.39, 0.29) is 0 Å². The van der Waals surface area contributed by atoms with Gasteiger partial charge in [-0.3, -0.25) is 4.79 Å². The third-order valence-corrected chi connectivity index (χ3v) is 7.13. The molecule has 100 valence electrons. The highest BCUT2D eigenvalue weighted by Gasteiger charge is 2.51. The van der Waals surface area contributed by atoms with E-state index in [2.05, 4.69) is 36.4 Å².